The van der Waals surface area contributed by atoms with Crippen LogP contribution in [-0.4, -0.2) is 23.9 Å². The van der Waals surface area contributed by atoms with E-state index in [1.165, 1.54) is 11.3 Å². The number of aliphatic hydroxyl groups excluding tert-OH is 1. The van der Waals surface area contributed by atoms with Crippen LogP contribution in [0.4, 0.5) is 0 Å². The zero-order chi connectivity index (χ0) is 37.2. The van der Waals surface area contributed by atoms with Gasteiger partial charge in [0.05, 0.1) is 19.4 Å². The van der Waals surface area contributed by atoms with Crippen LogP contribution in [0.15, 0.2) is 106 Å². The van der Waals surface area contributed by atoms with Crippen molar-refractivity contribution in [3.05, 3.63) is 109 Å². The molecule has 0 aliphatic carbocycles. The second kappa shape index (κ2) is 16.8. The summed E-state index contributed by atoms with van der Waals surface area (Å²) < 4.78 is 12.9. The number of rotatable bonds is 10. The largest absolute Gasteiger partial charge is 0.512 e. The molecule has 7 rings (SSSR count). The van der Waals surface area contributed by atoms with Gasteiger partial charge in [0.1, 0.15) is 16.9 Å². The molecule has 1 N–H and O–H groups in total. The second-order valence-corrected chi connectivity index (χ2v) is 19.9. The second-order valence-electron chi connectivity index (χ2n) is 14.8. The van der Waals surface area contributed by atoms with E-state index in [4.69, 9.17) is 13.8 Å². The van der Waals surface area contributed by atoms with E-state index in [9.17, 15) is 9.90 Å². The van der Waals surface area contributed by atoms with Crippen LogP contribution in [0.2, 0.25) is 19.6 Å². The maximum atomic E-state index is 11.7. The van der Waals surface area contributed by atoms with Gasteiger partial charge in [-0.05, 0) is 56.2 Å². The number of hydrogen-bond acceptors (Lipinski definition) is 5. The van der Waals surface area contributed by atoms with E-state index in [1.807, 2.05) is 58.2 Å². The Balaban J connectivity index is 0.000000290. The fraction of sp³-hybridized carbons (Fsp3) is 0.304. The minimum atomic E-state index is -1.44. The minimum absolute atomic E-state index is 0. The molecule has 1 radical (unpaired) electrons. The van der Waals surface area contributed by atoms with Gasteiger partial charge in [-0.1, -0.05) is 118 Å². The Morgan fingerprint density at radius 2 is 1.47 bits per heavy atom. The molecule has 5 nitrogen and oxygen atoms in total. The summed E-state index contributed by atoms with van der Waals surface area (Å²) in [5, 5.41) is 16.7. The molecule has 3 aromatic heterocycles. The molecule has 0 saturated heterocycles. The van der Waals surface area contributed by atoms with Gasteiger partial charge in [0.25, 0.3) is 0 Å². The van der Waals surface area contributed by atoms with Crippen molar-refractivity contribution in [2.45, 2.75) is 79.9 Å². The number of ketones is 1. The van der Waals surface area contributed by atoms with Crippen LogP contribution in [0, 0.1) is 24.8 Å². The molecular weight excluding hydrogens is 851 g/mol. The number of aryl methyl sites for hydroxylation is 1. The Bertz CT molecular complexity index is 2410. The third kappa shape index (κ3) is 8.13. The monoisotopic (exact) mass is 901 g/mol. The summed E-state index contributed by atoms with van der Waals surface area (Å²) in [6, 6.07) is 31.0. The summed E-state index contributed by atoms with van der Waals surface area (Å²) in [6.45, 7) is 17.3. The summed E-state index contributed by atoms with van der Waals surface area (Å²) in [6.07, 6.45) is 6.76. The molecule has 0 saturated carbocycles. The zero-order valence-corrected chi connectivity index (χ0v) is 35.5. The molecule has 0 atom stereocenters. The van der Waals surface area contributed by atoms with Gasteiger partial charge in [-0.25, -0.2) is 0 Å². The molecule has 53 heavy (non-hydrogen) atoms. The van der Waals surface area contributed by atoms with Crippen LogP contribution >= 0.6 is 0 Å². The average molecular weight is 901 g/mol. The van der Waals surface area contributed by atoms with Crippen molar-refractivity contribution in [1.29, 1.82) is 0 Å². The van der Waals surface area contributed by atoms with E-state index < -0.39 is 8.07 Å². The summed E-state index contributed by atoms with van der Waals surface area (Å²) in [5.41, 5.74) is 6.44. The molecule has 0 fully saturated rings. The van der Waals surface area contributed by atoms with E-state index in [2.05, 4.69) is 87.2 Å². The van der Waals surface area contributed by atoms with Crippen molar-refractivity contribution < 1.29 is 38.8 Å². The van der Waals surface area contributed by atoms with E-state index in [-0.39, 0.29) is 43.5 Å². The first-order valence-corrected chi connectivity index (χ1v) is 22.2. The topological polar surface area (TPSA) is 76.5 Å². The van der Waals surface area contributed by atoms with Gasteiger partial charge in [0, 0.05) is 71.8 Å². The number of benzene rings is 4. The van der Waals surface area contributed by atoms with Crippen LogP contribution in [0.25, 0.3) is 66.3 Å². The van der Waals surface area contributed by atoms with Crippen LogP contribution in [0.3, 0.4) is 0 Å². The molecular formula is C46H50IrNO4Si-. The summed E-state index contributed by atoms with van der Waals surface area (Å²) in [5.74, 6) is 1.43. The predicted molar refractivity (Wildman–Crippen MR) is 220 cm³/mol. The fourth-order valence-electron chi connectivity index (χ4n) is 7.13. The van der Waals surface area contributed by atoms with Crippen molar-refractivity contribution in [2.75, 3.05) is 0 Å². The molecule has 0 bridgehead atoms. The number of carbonyl (C=O) groups is 1. The number of fused-ring (bicyclic) bond motifs is 6. The number of aromatic nitrogens is 1. The van der Waals surface area contributed by atoms with E-state index in [0.29, 0.717) is 0 Å². The maximum absolute atomic E-state index is 11.7. The first-order valence-electron chi connectivity index (χ1n) is 18.7. The molecule has 7 aromatic rings. The van der Waals surface area contributed by atoms with Crippen LogP contribution < -0.4 is 5.19 Å². The first-order chi connectivity index (χ1) is 25.0. The summed E-state index contributed by atoms with van der Waals surface area (Å²) >= 11 is 0. The number of furan rings is 2. The van der Waals surface area contributed by atoms with Gasteiger partial charge in [-0.15, -0.1) is 17.5 Å². The Kier molecular flexibility index (Phi) is 12.6. The van der Waals surface area contributed by atoms with Crippen LogP contribution in [0.5, 0.6) is 0 Å². The van der Waals surface area contributed by atoms with Crippen LogP contribution in [0.1, 0.15) is 58.9 Å². The van der Waals surface area contributed by atoms with Gasteiger partial charge >= 0.3 is 0 Å². The number of nitrogens with zero attached hydrogens (tertiary/aromatic N) is 1. The molecule has 0 aliphatic rings. The quantitative estimate of drug-likeness (QED) is 0.0640. The fourth-order valence-corrected chi connectivity index (χ4v) is 8.27. The van der Waals surface area contributed by atoms with Gasteiger partial charge in [0.2, 0.25) is 0 Å². The van der Waals surface area contributed by atoms with Gasteiger partial charge < -0.3 is 13.9 Å². The van der Waals surface area contributed by atoms with Crippen molar-refractivity contribution >= 4 is 62.7 Å². The van der Waals surface area contributed by atoms with Crippen LogP contribution in [-0.2, 0) is 24.9 Å². The number of pyridine rings is 1. The number of allylic oxidation sites excluding steroid dienone is 2. The van der Waals surface area contributed by atoms with E-state index in [1.54, 1.807) is 0 Å². The number of para-hydroxylation sites is 1. The number of carbonyl (C=O) groups excluding carboxylic acids is 1. The normalized spacial score (nSPS) is 12.2. The van der Waals surface area contributed by atoms with Gasteiger partial charge in [-0.3, -0.25) is 9.78 Å². The Morgan fingerprint density at radius 3 is 2.15 bits per heavy atom. The molecule has 0 spiro atoms. The van der Waals surface area contributed by atoms with E-state index in [0.717, 1.165) is 97.5 Å². The number of hydrogen-bond donors (Lipinski definition) is 1. The first kappa shape index (κ1) is 39.9. The zero-order valence-electron chi connectivity index (χ0n) is 32.1. The Hall–Kier alpha value is -4.29. The molecule has 3 heterocycles. The SMILES string of the molecule is CCC(CC)C(=O)/C=C(\O)C(CC)CC.Cc1c(-c2ccnc(-c3[c-]c4ccccc4c4c3oc3ccccc34)c2)oc2cc([Si](C)(C)C)ccc12.[Ir]. The maximum Gasteiger partial charge on any atom is 0.162 e. The van der Waals surface area contributed by atoms with E-state index >= 15 is 0 Å². The van der Waals surface area contributed by atoms with Crippen molar-refractivity contribution in [2.24, 2.45) is 11.8 Å². The smallest absolute Gasteiger partial charge is 0.162 e. The number of aliphatic hydroxyl groups is 1. The molecule has 0 amide bonds. The summed E-state index contributed by atoms with van der Waals surface area (Å²) in [7, 11) is -1.44. The minimum Gasteiger partial charge on any atom is -0.512 e. The standard InChI is InChI=1S/C33H26NO2Si.C13H24O2.Ir/c1-20-24-14-13-23(37(2,3)4)19-30(24)36-32(20)22-15-16-34-28(18-22)27-17-21-9-5-6-10-25(21)31-26-11-7-8-12-29(26)35-33(27)31;1-5-10(6-2)12(14)9-13(15)11(7-3)8-4;/h5-16,18-19H,1-4H3;9-11,14H,5-8H2,1-4H3;/q-1;;/b;12-9-;. The predicted octanol–water partition coefficient (Wildman–Crippen LogP) is 12.7. The third-order valence-electron chi connectivity index (χ3n) is 10.4. The molecule has 7 heteroatoms. The Labute approximate surface area is 327 Å². The average Bonchev–Trinajstić information content (AvgIpc) is 3.70. The molecule has 0 aliphatic heterocycles. The van der Waals surface area contributed by atoms with Crippen molar-refractivity contribution in [3.63, 3.8) is 0 Å². The third-order valence-corrected chi connectivity index (χ3v) is 12.5. The Morgan fingerprint density at radius 1 is 0.811 bits per heavy atom. The van der Waals surface area contributed by atoms with Crippen molar-refractivity contribution in [3.8, 4) is 22.6 Å². The van der Waals surface area contributed by atoms with Gasteiger partial charge in [0.15, 0.2) is 5.78 Å². The molecule has 4 aromatic carbocycles. The summed E-state index contributed by atoms with van der Waals surface area (Å²) in [4.78, 5) is 16.5. The molecule has 277 valence electrons. The molecule has 0 unspecified atom stereocenters. The van der Waals surface area contributed by atoms with Gasteiger partial charge in [-0.2, -0.15) is 0 Å². The van der Waals surface area contributed by atoms with Crippen molar-refractivity contribution in [1.82, 2.24) is 4.98 Å².